The van der Waals surface area contributed by atoms with Crippen molar-refractivity contribution in [1.82, 2.24) is 10.3 Å². The Labute approximate surface area is 128 Å². The van der Waals surface area contributed by atoms with Crippen molar-refractivity contribution in [3.63, 3.8) is 0 Å². The lowest BCUT2D eigenvalue weighted by Crippen LogP contribution is -2.24. The van der Waals surface area contributed by atoms with E-state index in [0.29, 0.717) is 0 Å². The van der Waals surface area contributed by atoms with Crippen LogP contribution in [-0.2, 0) is 23.3 Å². The zero-order valence-electron chi connectivity index (χ0n) is 13.7. The highest BCUT2D eigenvalue weighted by Gasteiger charge is 2.29. The van der Waals surface area contributed by atoms with E-state index in [4.69, 9.17) is 9.72 Å². The van der Waals surface area contributed by atoms with Gasteiger partial charge in [-0.2, -0.15) is 0 Å². The number of hydrogen-bond acceptors (Lipinski definition) is 4. The van der Waals surface area contributed by atoms with E-state index in [0.717, 1.165) is 44.0 Å². The number of aromatic nitrogens is 1. The Morgan fingerprint density at radius 3 is 2.50 bits per heavy atom. The van der Waals surface area contributed by atoms with Crippen LogP contribution in [0.25, 0.3) is 0 Å². The van der Waals surface area contributed by atoms with Gasteiger partial charge in [-0.15, -0.1) is 11.3 Å². The van der Waals surface area contributed by atoms with Gasteiger partial charge in [0.1, 0.15) is 10.6 Å². The van der Waals surface area contributed by atoms with Gasteiger partial charge in [0.15, 0.2) is 0 Å². The predicted octanol–water partition coefficient (Wildman–Crippen LogP) is 4.26. The molecule has 20 heavy (non-hydrogen) atoms. The van der Waals surface area contributed by atoms with Crippen molar-refractivity contribution in [2.24, 2.45) is 0 Å². The summed E-state index contributed by atoms with van der Waals surface area (Å²) in [6.07, 6.45) is 4.33. The summed E-state index contributed by atoms with van der Waals surface area (Å²) in [5.74, 6) is 0. The lowest BCUT2D eigenvalue weighted by atomic mass is 10.0. The van der Waals surface area contributed by atoms with E-state index < -0.39 is 0 Å². The molecule has 0 aliphatic heterocycles. The summed E-state index contributed by atoms with van der Waals surface area (Å²) in [6, 6.07) is 0. The van der Waals surface area contributed by atoms with Crippen LogP contribution in [0.2, 0.25) is 0 Å². The molecular formula is C16H30N2OS. The van der Waals surface area contributed by atoms with Gasteiger partial charge in [0.2, 0.25) is 0 Å². The van der Waals surface area contributed by atoms with E-state index in [1.807, 2.05) is 11.3 Å². The number of thiazole rings is 1. The van der Waals surface area contributed by atoms with E-state index in [1.165, 1.54) is 17.0 Å². The normalized spacial score (nSPS) is 14.4. The summed E-state index contributed by atoms with van der Waals surface area (Å²) in [7, 11) is 0. The predicted molar refractivity (Wildman–Crippen MR) is 87.4 cm³/mol. The van der Waals surface area contributed by atoms with Crippen molar-refractivity contribution in [3.05, 3.63) is 15.6 Å². The minimum Gasteiger partial charge on any atom is -0.368 e. The molecule has 0 radical (unpaired) electrons. The summed E-state index contributed by atoms with van der Waals surface area (Å²) in [4.78, 5) is 6.28. The fourth-order valence-corrected chi connectivity index (χ4v) is 3.44. The molecule has 1 aromatic heterocycles. The molecule has 0 aromatic carbocycles. The average Bonchev–Trinajstić information content (AvgIpc) is 2.84. The van der Waals surface area contributed by atoms with Gasteiger partial charge in [-0.1, -0.05) is 27.2 Å². The molecule has 0 bridgehead atoms. The van der Waals surface area contributed by atoms with Crippen molar-refractivity contribution in [1.29, 1.82) is 0 Å². The molecule has 1 aromatic rings. The fraction of sp³-hybridized carbons (Fsp3) is 0.812. The number of hydrogen-bond donors (Lipinski definition) is 1. The highest BCUT2D eigenvalue weighted by atomic mass is 32.1. The van der Waals surface area contributed by atoms with Crippen molar-refractivity contribution >= 4 is 11.3 Å². The summed E-state index contributed by atoms with van der Waals surface area (Å²) < 4.78 is 5.96. The van der Waals surface area contributed by atoms with Crippen molar-refractivity contribution in [2.75, 3.05) is 13.2 Å². The zero-order valence-corrected chi connectivity index (χ0v) is 14.5. The third kappa shape index (κ3) is 4.54. The Balaban J connectivity index is 2.94. The van der Waals surface area contributed by atoms with Crippen molar-refractivity contribution in [3.8, 4) is 0 Å². The van der Waals surface area contributed by atoms with Gasteiger partial charge in [0, 0.05) is 18.0 Å². The van der Waals surface area contributed by atoms with E-state index in [2.05, 4.69) is 39.9 Å². The van der Waals surface area contributed by atoms with E-state index in [1.54, 1.807) is 0 Å². The highest BCUT2D eigenvalue weighted by Crippen LogP contribution is 2.34. The SMILES string of the molecule is CCCNCc1sc(C(C)(CC)OCC)nc1CCC. The van der Waals surface area contributed by atoms with Crippen LogP contribution in [0.1, 0.15) is 69.5 Å². The molecule has 0 aliphatic carbocycles. The van der Waals surface area contributed by atoms with Crippen LogP contribution in [0.15, 0.2) is 0 Å². The Morgan fingerprint density at radius 1 is 1.20 bits per heavy atom. The van der Waals surface area contributed by atoms with Crippen molar-refractivity contribution in [2.45, 2.75) is 72.4 Å². The molecule has 0 fully saturated rings. The molecule has 3 nitrogen and oxygen atoms in total. The second-order valence-electron chi connectivity index (χ2n) is 5.33. The quantitative estimate of drug-likeness (QED) is 0.655. The van der Waals surface area contributed by atoms with Crippen LogP contribution in [0.3, 0.4) is 0 Å². The zero-order chi connectivity index (χ0) is 15.0. The molecule has 0 aliphatic rings. The summed E-state index contributed by atoms with van der Waals surface area (Å²) in [6.45, 7) is 13.5. The Morgan fingerprint density at radius 2 is 1.95 bits per heavy atom. The third-order valence-electron chi connectivity index (χ3n) is 3.57. The molecule has 0 saturated carbocycles. The molecule has 0 amide bonds. The first-order chi connectivity index (χ1) is 9.61. The summed E-state index contributed by atoms with van der Waals surface area (Å²) in [5.41, 5.74) is 1.03. The average molecular weight is 298 g/mol. The minimum absolute atomic E-state index is 0.231. The lowest BCUT2D eigenvalue weighted by Gasteiger charge is -2.25. The molecular weight excluding hydrogens is 268 g/mol. The van der Waals surface area contributed by atoms with Gasteiger partial charge in [-0.3, -0.25) is 0 Å². The standard InChI is InChI=1S/C16H30N2OS/c1-6-10-13-14(12-17-11-7-2)20-15(18-13)16(5,8-3)19-9-4/h17H,6-12H2,1-5H3. The van der Waals surface area contributed by atoms with Gasteiger partial charge in [-0.25, -0.2) is 4.98 Å². The van der Waals surface area contributed by atoms with Gasteiger partial charge >= 0.3 is 0 Å². The van der Waals surface area contributed by atoms with Gasteiger partial charge in [-0.05, 0) is 39.7 Å². The second-order valence-corrected chi connectivity index (χ2v) is 6.42. The maximum atomic E-state index is 5.96. The first kappa shape index (κ1) is 17.6. The molecule has 0 spiro atoms. The third-order valence-corrected chi connectivity index (χ3v) is 4.91. The Kier molecular flexibility index (Phi) is 7.70. The number of nitrogens with one attached hydrogen (secondary N) is 1. The number of ether oxygens (including phenoxy) is 1. The van der Waals surface area contributed by atoms with Crippen LogP contribution in [-0.4, -0.2) is 18.1 Å². The molecule has 1 N–H and O–H groups in total. The molecule has 1 rings (SSSR count). The lowest BCUT2D eigenvalue weighted by molar-refractivity contribution is -0.0325. The highest BCUT2D eigenvalue weighted by molar-refractivity contribution is 7.11. The first-order valence-corrected chi connectivity index (χ1v) is 8.76. The minimum atomic E-state index is -0.231. The topological polar surface area (TPSA) is 34.1 Å². The molecule has 1 atom stereocenters. The Hall–Kier alpha value is -0.450. The maximum absolute atomic E-state index is 5.96. The van der Waals surface area contributed by atoms with Crippen LogP contribution >= 0.6 is 11.3 Å². The van der Waals surface area contributed by atoms with Gasteiger partial charge in [0.05, 0.1) is 5.69 Å². The summed E-state index contributed by atoms with van der Waals surface area (Å²) >= 11 is 1.82. The molecule has 1 unspecified atom stereocenters. The van der Waals surface area contributed by atoms with E-state index in [-0.39, 0.29) is 5.60 Å². The second kappa shape index (κ2) is 8.75. The molecule has 116 valence electrons. The fourth-order valence-electron chi connectivity index (χ4n) is 2.19. The van der Waals surface area contributed by atoms with Gasteiger partial charge in [0.25, 0.3) is 0 Å². The number of nitrogens with zero attached hydrogens (tertiary/aromatic N) is 1. The van der Waals surface area contributed by atoms with E-state index >= 15 is 0 Å². The van der Waals surface area contributed by atoms with Crippen molar-refractivity contribution < 1.29 is 4.74 Å². The first-order valence-electron chi connectivity index (χ1n) is 7.94. The number of rotatable bonds is 10. The maximum Gasteiger partial charge on any atom is 0.125 e. The molecule has 4 heteroatoms. The Bertz CT molecular complexity index is 392. The molecule has 0 saturated heterocycles. The van der Waals surface area contributed by atoms with Crippen LogP contribution < -0.4 is 5.32 Å². The smallest absolute Gasteiger partial charge is 0.125 e. The van der Waals surface area contributed by atoms with Gasteiger partial charge < -0.3 is 10.1 Å². The largest absolute Gasteiger partial charge is 0.368 e. The molecule has 1 heterocycles. The van der Waals surface area contributed by atoms with Crippen LogP contribution in [0.4, 0.5) is 0 Å². The monoisotopic (exact) mass is 298 g/mol. The van der Waals surface area contributed by atoms with Crippen LogP contribution in [0.5, 0.6) is 0 Å². The van der Waals surface area contributed by atoms with Crippen LogP contribution in [0, 0.1) is 0 Å². The number of aryl methyl sites for hydroxylation is 1. The van der Waals surface area contributed by atoms with E-state index in [9.17, 15) is 0 Å². The summed E-state index contributed by atoms with van der Waals surface area (Å²) in [5, 5.41) is 4.63.